The van der Waals surface area contributed by atoms with Crippen LogP contribution >= 0.6 is 0 Å². The third kappa shape index (κ3) is 3.13. The zero-order valence-electron chi connectivity index (χ0n) is 17.2. The van der Waals surface area contributed by atoms with Crippen molar-refractivity contribution in [3.05, 3.63) is 35.9 Å². The lowest BCUT2D eigenvalue weighted by Crippen LogP contribution is -2.65. The molecule has 4 nitrogen and oxygen atoms in total. The van der Waals surface area contributed by atoms with Gasteiger partial charge in [0.25, 0.3) is 5.91 Å². The summed E-state index contributed by atoms with van der Waals surface area (Å²) in [6.07, 6.45) is 3.28. The van der Waals surface area contributed by atoms with Gasteiger partial charge in [-0.05, 0) is 61.5 Å². The molecule has 27 heavy (non-hydrogen) atoms. The Balaban J connectivity index is 1.51. The molecule has 2 unspecified atom stereocenters. The molecule has 5 rings (SSSR count). The van der Waals surface area contributed by atoms with E-state index in [2.05, 4.69) is 39.9 Å². The standard InChI is InChI=1S/C22H32BNO3/c1-14(2)11-19(24-20(25)15-9-7-6-8-10-15)23-26-18-13-16-12-17(21(16,3)4)22(18,5)27-23/h6-10,14,16-19H,11-13H2,1-5H3,(H,24,25)/t16-,17?,18?,19-,22-/m0/s1. The first-order chi connectivity index (χ1) is 12.7. The van der Waals surface area contributed by atoms with Crippen LogP contribution in [0.4, 0.5) is 0 Å². The highest BCUT2D eigenvalue weighted by Crippen LogP contribution is 2.65. The van der Waals surface area contributed by atoms with Gasteiger partial charge in [0.1, 0.15) is 0 Å². The summed E-state index contributed by atoms with van der Waals surface area (Å²) in [5.41, 5.74) is 0.760. The van der Waals surface area contributed by atoms with E-state index in [9.17, 15) is 4.79 Å². The van der Waals surface area contributed by atoms with Crippen LogP contribution in [-0.2, 0) is 9.31 Å². The third-order valence-corrected chi connectivity index (χ3v) is 7.38. The quantitative estimate of drug-likeness (QED) is 0.795. The molecule has 0 radical (unpaired) electrons. The third-order valence-electron chi connectivity index (χ3n) is 7.38. The van der Waals surface area contributed by atoms with Gasteiger partial charge in [-0.25, -0.2) is 0 Å². The molecule has 1 aliphatic heterocycles. The van der Waals surface area contributed by atoms with E-state index in [1.54, 1.807) is 0 Å². The molecule has 1 N–H and O–H groups in total. The first kappa shape index (κ1) is 19.0. The summed E-state index contributed by atoms with van der Waals surface area (Å²) in [6, 6.07) is 9.39. The molecule has 4 aliphatic rings. The summed E-state index contributed by atoms with van der Waals surface area (Å²) >= 11 is 0. The van der Waals surface area contributed by atoms with Crippen LogP contribution in [0.25, 0.3) is 0 Å². The lowest BCUT2D eigenvalue weighted by Gasteiger charge is -2.64. The molecule has 5 atom stereocenters. The molecule has 1 heterocycles. The van der Waals surface area contributed by atoms with Gasteiger partial charge >= 0.3 is 7.12 Å². The smallest absolute Gasteiger partial charge is 0.404 e. The number of amides is 1. The Morgan fingerprint density at radius 1 is 1.22 bits per heavy atom. The second-order valence-electron chi connectivity index (χ2n) is 9.91. The first-order valence-corrected chi connectivity index (χ1v) is 10.4. The molecule has 1 amide bonds. The SMILES string of the molecule is CC(C)C[C@H](NC(=O)c1ccccc1)B1OC2C[C@@H]3CC(C3(C)C)[C@]2(C)O1. The van der Waals surface area contributed by atoms with Crippen molar-refractivity contribution in [2.75, 3.05) is 0 Å². The summed E-state index contributed by atoms with van der Waals surface area (Å²) in [5.74, 6) is 1.51. The van der Waals surface area contributed by atoms with Crippen molar-refractivity contribution < 1.29 is 14.1 Å². The molecule has 3 saturated carbocycles. The zero-order chi connectivity index (χ0) is 19.4. The molecule has 0 spiro atoms. The lowest BCUT2D eigenvalue weighted by atomic mass is 9.43. The van der Waals surface area contributed by atoms with Crippen molar-refractivity contribution in [2.45, 2.75) is 71.5 Å². The number of hydrogen-bond donors (Lipinski definition) is 1. The van der Waals surface area contributed by atoms with E-state index in [0.29, 0.717) is 22.8 Å². The van der Waals surface area contributed by atoms with E-state index in [4.69, 9.17) is 9.31 Å². The topological polar surface area (TPSA) is 47.6 Å². The summed E-state index contributed by atoms with van der Waals surface area (Å²) < 4.78 is 13.0. The molecule has 4 fully saturated rings. The fraction of sp³-hybridized carbons (Fsp3) is 0.682. The van der Waals surface area contributed by atoms with Crippen molar-refractivity contribution in [2.24, 2.45) is 23.2 Å². The van der Waals surface area contributed by atoms with Gasteiger partial charge in [-0.2, -0.15) is 0 Å². The van der Waals surface area contributed by atoms with Crippen LogP contribution in [0.15, 0.2) is 30.3 Å². The number of carbonyl (C=O) groups excluding carboxylic acids is 1. The summed E-state index contributed by atoms with van der Waals surface area (Å²) in [4.78, 5) is 12.7. The molecular weight excluding hydrogens is 337 g/mol. The molecule has 1 aromatic rings. The Bertz CT molecular complexity index is 707. The van der Waals surface area contributed by atoms with Crippen LogP contribution in [0, 0.1) is 23.2 Å². The van der Waals surface area contributed by atoms with Crippen LogP contribution in [0.1, 0.15) is 64.2 Å². The van der Waals surface area contributed by atoms with E-state index in [1.807, 2.05) is 30.3 Å². The minimum absolute atomic E-state index is 0.0573. The Hall–Kier alpha value is -1.33. The van der Waals surface area contributed by atoms with Crippen LogP contribution in [0.5, 0.6) is 0 Å². The van der Waals surface area contributed by atoms with Crippen LogP contribution in [-0.4, -0.2) is 30.7 Å². The van der Waals surface area contributed by atoms with Crippen LogP contribution in [0.2, 0.25) is 0 Å². The van der Waals surface area contributed by atoms with Gasteiger partial charge in [-0.1, -0.05) is 45.9 Å². The molecule has 1 aromatic carbocycles. The van der Waals surface area contributed by atoms with Gasteiger partial charge in [0.05, 0.1) is 17.6 Å². The molecule has 5 heteroatoms. The Kier molecular flexibility index (Phi) is 4.67. The lowest BCUT2D eigenvalue weighted by molar-refractivity contribution is -0.199. The Morgan fingerprint density at radius 3 is 2.56 bits per heavy atom. The molecule has 0 aromatic heterocycles. The molecule has 3 aliphatic carbocycles. The van der Waals surface area contributed by atoms with Gasteiger partial charge in [-0.15, -0.1) is 0 Å². The van der Waals surface area contributed by atoms with E-state index >= 15 is 0 Å². The van der Waals surface area contributed by atoms with Gasteiger partial charge < -0.3 is 14.6 Å². The van der Waals surface area contributed by atoms with Gasteiger partial charge in [0.15, 0.2) is 0 Å². The highest BCUT2D eigenvalue weighted by molar-refractivity contribution is 6.48. The summed E-state index contributed by atoms with van der Waals surface area (Å²) in [5, 5.41) is 3.19. The van der Waals surface area contributed by atoms with E-state index in [1.165, 1.54) is 6.42 Å². The predicted octanol–water partition coefficient (Wildman–Crippen LogP) is 4.10. The maximum Gasteiger partial charge on any atom is 0.481 e. The average Bonchev–Trinajstić information content (AvgIpc) is 2.98. The largest absolute Gasteiger partial charge is 0.481 e. The second kappa shape index (κ2) is 6.63. The number of nitrogens with one attached hydrogen (secondary N) is 1. The van der Waals surface area contributed by atoms with Crippen LogP contribution < -0.4 is 5.32 Å². The zero-order valence-corrected chi connectivity index (χ0v) is 17.2. The maximum atomic E-state index is 12.7. The number of carbonyl (C=O) groups is 1. The predicted molar refractivity (Wildman–Crippen MR) is 107 cm³/mol. The minimum atomic E-state index is -0.370. The fourth-order valence-electron chi connectivity index (χ4n) is 5.66. The van der Waals surface area contributed by atoms with Gasteiger partial charge in [-0.3, -0.25) is 4.79 Å². The highest BCUT2D eigenvalue weighted by atomic mass is 16.7. The van der Waals surface area contributed by atoms with Gasteiger partial charge in [0, 0.05) is 5.56 Å². The summed E-state index contributed by atoms with van der Waals surface area (Å²) in [6.45, 7) is 11.3. The molecule has 2 bridgehead atoms. The van der Waals surface area contributed by atoms with E-state index in [0.717, 1.165) is 18.8 Å². The van der Waals surface area contributed by atoms with Crippen molar-refractivity contribution in [1.82, 2.24) is 5.32 Å². The van der Waals surface area contributed by atoms with Gasteiger partial charge in [0.2, 0.25) is 0 Å². The number of hydrogen-bond acceptors (Lipinski definition) is 3. The minimum Gasteiger partial charge on any atom is -0.404 e. The number of rotatable bonds is 5. The normalized spacial score (nSPS) is 34.7. The highest BCUT2D eigenvalue weighted by Gasteiger charge is 2.68. The molecular formula is C22H32BNO3. The van der Waals surface area contributed by atoms with Crippen molar-refractivity contribution in [3.63, 3.8) is 0 Å². The molecule has 146 valence electrons. The Labute approximate surface area is 163 Å². The monoisotopic (exact) mass is 369 g/mol. The second-order valence-corrected chi connectivity index (χ2v) is 9.91. The van der Waals surface area contributed by atoms with Crippen molar-refractivity contribution in [1.29, 1.82) is 0 Å². The maximum absolute atomic E-state index is 12.7. The average molecular weight is 369 g/mol. The number of benzene rings is 1. The Morgan fingerprint density at radius 2 is 1.93 bits per heavy atom. The van der Waals surface area contributed by atoms with Crippen molar-refractivity contribution in [3.8, 4) is 0 Å². The van der Waals surface area contributed by atoms with Crippen molar-refractivity contribution >= 4 is 13.0 Å². The van der Waals surface area contributed by atoms with Crippen LogP contribution in [0.3, 0.4) is 0 Å². The van der Waals surface area contributed by atoms with E-state index < -0.39 is 0 Å². The van der Waals surface area contributed by atoms with E-state index in [-0.39, 0.29) is 30.7 Å². The first-order valence-electron chi connectivity index (χ1n) is 10.4. The molecule has 1 saturated heterocycles. The summed E-state index contributed by atoms with van der Waals surface area (Å²) in [7, 11) is -0.370. The fourth-order valence-corrected chi connectivity index (χ4v) is 5.66.